The summed E-state index contributed by atoms with van der Waals surface area (Å²) in [6.07, 6.45) is 2.16. The molecule has 1 aromatic carbocycles. The molecule has 20 heavy (non-hydrogen) atoms. The molecule has 1 aliphatic heterocycles. The molecule has 0 bridgehead atoms. The first-order chi connectivity index (χ1) is 9.57. The van der Waals surface area contributed by atoms with Crippen LogP contribution in [0.3, 0.4) is 0 Å². The number of methoxy groups -OCH3 is 1. The summed E-state index contributed by atoms with van der Waals surface area (Å²) in [4.78, 5) is 2.52. The van der Waals surface area contributed by atoms with Crippen LogP contribution in [0, 0.1) is 5.92 Å². The van der Waals surface area contributed by atoms with Crippen molar-refractivity contribution in [2.45, 2.75) is 25.3 Å². The van der Waals surface area contributed by atoms with Crippen molar-refractivity contribution in [2.24, 2.45) is 11.7 Å². The first-order valence-electron chi connectivity index (χ1n) is 7.26. The first-order valence-corrected chi connectivity index (χ1v) is 7.63. The number of ether oxygens (including phenoxy) is 1. The lowest BCUT2D eigenvalue weighted by Gasteiger charge is -2.38. The number of halogens is 1. The second kappa shape index (κ2) is 6.90. The van der Waals surface area contributed by atoms with Gasteiger partial charge in [-0.05, 0) is 49.9 Å². The standard InChI is InChI=1S/C16H25ClN2O/c1-16(12-18,9-13-3-5-15(17)6-4-13)19-8-7-14(10-19)11-20-2/h3-6,14H,7-12,18H2,1-2H3. The van der Waals surface area contributed by atoms with E-state index in [1.807, 2.05) is 12.1 Å². The Morgan fingerprint density at radius 2 is 2.10 bits per heavy atom. The Morgan fingerprint density at radius 1 is 1.40 bits per heavy atom. The number of nitrogens with zero attached hydrogens (tertiary/aromatic N) is 1. The van der Waals surface area contributed by atoms with Crippen LogP contribution in [0.5, 0.6) is 0 Å². The summed E-state index contributed by atoms with van der Waals surface area (Å²) in [7, 11) is 1.78. The molecule has 2 rings (SSSR count). The van der Waals surface area contributed by atoms with Crippen molar-refractivity contribution in [3.63, 3.8) is 0 Å². The fraction of sp³-hybridized carbons (Fsp3) is 0.625. The van der Waals surface area contributed by atoms with Crippen LogP contribution in [-0.4, -0.2) is 43.8 Å². The SMILES string of the molecule is COCC1CCN(C(C)(CN)Cc2ccc(Cl)cc2)C1. The molecule has 1 saturated heterocycles. The summed E-state index contributed by atoms with van der Waals surface area (Å²) >= 11 is 5.95. The van der Waals surface area contributed by atoms with Gasteiger partial charge in [-0.15, -0.1) is 0 Å². The molecule has 4 heteroatoms. The molecule has 0 amide bonds. The van der Waals surface area contributed by atoms with E-state index in [2.05, 4.69) is 24.0 Å². The number of nitrogens with two attached hydrogens (primary N) is 1. The number of hydrogen-bond donors (Lipinski definition) is 1. The smallest absolute Gasteiger partial charge is 0.0503 e. The van der Waals surface area contributed by atoms with Gasteiger partial charge in [-0.3, -0.25) is 4.90 Å². The zero-order valence-corrected chi connectivity index (χ0v) is 13.2. The van der Waals surface area contributed by atoms with Gasteiger partial charge >= 0.3 is 0 Å². The second-order valence-corrected chi connectivity index (χ2v) is 6.50. The summed E-state index contributed by atoms with van der Waals surface area (Å²) in [5.74, 6) is 0.635. The van der Waals surface area contributed by atoms with Crippen LogP contribution in [0.15, 0.2) is 24.3 Å². The summed E-state index contributed by atoms with van der Waals surface area (Å²) in [5.41, 5.74) is 7.38. The van der Waals surface area contributed by atoms with Crippen molar-refractivity contribution >= 4 is 11.6 Å². The zero-order valence-electron chi connectivity index (χ0n) is 12.4. The van der Waals surface area contributed by atoms with Gasteiger partial charge in [0.05, 0.1) is 6.61 Å². The van der Waals surface area contributed by atoms with Gasteiger partial charge in [0.15, 0.2) is 0 Å². The minimum atomic E-state index is 0.0102. The number of rotatable bonds is 6. The topological polar surface area (TPSA) is 38.5 Å². The molecule has 0 spiro atoms. The number of hydrogen-bond acceptors (Lipinski definition) is 3. The Morgan fingerprint density at radius 3 is 2.70 bits per heavy atom. The Labute approximate surface area is 127 Å². The molecule has 1 fully saturated rings. The van der Waals surface area contributed by atoms with E-state index in [0.29, 0.717) is 12.5 Å². The van der Waals surface area contributed by atoms with Gasteiger partial charge in [0.25, 0.3) is 0 Å². The molecule has 112 valence electrons. The predicted octanol–water partition coefficient (Wildman–Crippen LogP) is 2.57. The highest BCUT2D eigenvalue weighted by Crippen LogP contribution is 2.28. The van der Waals surface area contributed by atoms with E-state index in [4.69, 9.17) is 22.1 Å². The molecular formula is C16H25ClN2O. The Bertz CT molecular complexity index is 423. The second-order valence-electron chi connectivity index (χ2n) is 6.06. The average Bonchev–Trinajstić information content (AvgIpc) is 2.91. The minimum Gasteiger partial charge on any atom is -0.384 e. The largest absolute Gasteiger partial charge is 0.384 e. The van der Waals surface area contributed by atoms with E-state index >= 15 is 0 Å². The minimum absolute atomic E-state index is 0.0102. The third-order valence-electron chi connectivity index (χ3n) is 4.39. The zero-order chi connectivity index (χ0) is 14.6. The highest BCUT2D eigenvalue weighted by Gasteiger charge is 2.36. The van der Waals surface area contributed by atoms with Gasteiger partial charge in [-0.25, -0.2) is 0 Å². The lowest BCUT2D eigenvalue weighted by Crippen LogP contribution is -2.52. The number of benzene rings is 1. The van der Waals surface area contributed by atoms with Gasteiger partial charge in [0.2, 0.25) is 0 Å². The highest BCUT2D eigenvalue weighted by molar-refractivity contribution is 6.30. The lowest BCUT2D eigenvalue weighted by atomic mass is 9.91. The maximum Gasteiger partial charge on any atom is 0.0503 e. The molecular weight excluding hydrogens is 272 g/mol. The highest BCUT2D eigenvalue weighted by atomic mass is 35.5. The summed E-state index contributed by atoms with van der Waals surface area (Å²) in [6.45, 7) is 5.95. The van der Waals surface area contributed by atoms with E-state index in [1.165, 1.54) is 12.0 Å². The Hall–Kier alpha value is -0.610. The van der Waals surface area contributed by atoms with Gasteiger partial charge < -0.3 is 10.5 Å². The van der Waals surface area contributed by atoms with E-state index in [-0.39, 0.29) is 5.54 Å². The molecule has 1 aromatic rings. The molecule has 2 unspecified atom stereocenters. The van der Waals surface area contributed by atoms with E-state index in [1.54, 1.807) is 7.11 Å². The molecule has 0 radical (unpaired) electrons. The van der Waals surface area contributed by atoms with Crippen molar-refractivity contribution in [1.29, 1.82) is 0 Å². The third-order valence-corrected chi connectivity index (χ3v) is 4.64. The molecule has 2 N–H and O–H groups in total. The molecule has 3 nitrogen and oxygen atoms in total. The van der Waals surface area contributed by atoms with Gasteiger partial charge in [0.1, 0.15) is 0 Å². The van der Waals surface area contributed by atoms with Crippen LogP contribution in [-0.2, 0) is 11.2 Å². The maximum absolute atomic E-state index is 6.09. The molecule has 1 heterocycles. The van der Waals surface area contributed by atoms with Crippen LogP contribution in [0.4, 0.5) is 0 Å². The Balaban J connectivity index is 2.03. The lowest BCUT2D eigenvalue weighted by molar-refractivity contribution is 0.115. The van der Waals surface area contributed by atoms with Crippen molar-refractivity contribution in [1.82, 2.24) is 4.90 Å². The quantitative estimate of drug-likeness (QED) is 0.877. The van der Waals surface area contributed by atoms with Crippen LogP contribution in [0.2, 0.25) is 5.02 Å². The Kier molecular flexibility index (Phi) is 5.44. The van der Waals surface area contributed by atoms with E-state index in [9.17, 15) is 0 Å². The predicted molar refractivity (Wildman–Crippen MR) is 84.2 cm³/mol. The van der Waals surface area contributed by atoms with Crippen molar-refractivity contribution in [3.05, 3.63) is 34.9 Å². The summed E-state index contributed by atoms with van der Waals surface area (Å²) < 4.78 is 5.28. The molecule has 2 atom stereocenters. The molecule has 0 aliphatic carbocycles. The third kappa shape index (κ3) is 3.73. The summed E-state index contributed by atoms with van der Waals surface area (Å²) in [6, 6.07) is 8.09. The van der Waals surface area contributed by atoms with Crippen molar-refractivity contribution in [3.8, 4) is 0 Å². The van der Waals surface area contributed by atoms with Gasteiger partial charge in [-0.1, -0.05) is 23.7 Å². The first kappa shape index (κ1) is 15.8. The van der Waals surface area contributed by atoms with Gasteiger partial charge in [0, 0.05) is 30.8 Å². The molecule has 1 aliphatic rings. The van der Waals surface area contributed by atoms with Crippen LogP contribution < -0.4 is 5.73 Å². The van der Waals surface area contributed by atoms with Crippen LogP contribution in [0.25, 0.3) is 0 Å². The normalized spacial score (nSPS) is 22.9. The molecule has 0 saturated carbocycles. The maximum atomic E-state index is 6.09. The fourth-order valence-electron chi connectivity index (χ4n) is 3.05. The van der Waals surface area contributed by atoms with Crippen LogP contribution >= 0.6 is 11.6 Å². The van der Waals surface area contributed by atoms with E-state index < -0.39 is 0 Å². The van der Waals surface area contributed by atoms with Gasteiger partial charge in [-0.2, -0.15) is 0 Å². The van der Waals surface area contributed by atoms with E-state index in [0.717, 1.165) is 31.1 Å². The monoisotopic (exact) mass is 296 g/mol. The van der Waals surface area contributed by atoms with Crippen LogP contribution in [0.1, 0.15) is 18.9 Å². The molecule has 0 aromatic heterocycles. The fourth-order valence-corrected chi connectivity index (χ4v) is 3.18. The van der Waals surface area contributed by atoms with Crippen molar-refractivity contribution in [2.75, 3.05) is 33.4 Å². The van der Waals surface area contributed by atoms with Crippen molar-refractivity contribution < 1.29 is 4.74 Å². The average molecular weight is 297 g/mol. The summed E-state index contributed by atoms with van der Waals surface area (Å²) in [5, 5.41) is 0.782. The number of likely N-dealkylation sites (tertiary alicyclic amines) is 1.